The number of aliphatic hydroxyl groups excluding tert-OH is 1. The number of nitrogens with zero attached hydrogens (tertiary/aromatic N) is 1. The van der Waals surface area contributed by atoms with E-state index in [2.05, 4.69) is 15.5 Å². The fourth-order valence-corrected chi connectivity index (χ4v) is 2.88. The highest BCUT2D eigenvalue weighted by atomic mass is 35.5. The lowest BCUT2D eigenvalue weighted by atomic mass is 10.1. The van der Waals surface area contributed by atoms with Gasteiger partial charge in [0.15, 0.2) is 0 Å². The van der Waals surface area contributed by atoms with E-state index in [1.54, 1.807) is 0 Å². The van der Waals surface area contributed by atoms with Crippen LogP contribution in [0.5, 0.6) is 0 Å². The number of nitrogens with one attached hydrogen (secondary N) is 2. The first-order valence-electron chi connectivity index (χ1n) is 9.17. The number of halogens is 2. The second-order valence-electron chi connectivity index (χ2n) is 7.24. The number of benzene rings is 1. The molecule has 0 bridgehead atoms. The maximum Gasteiger partial charge on any atom is 0.243 e. The molecule has 9 heteroatoms. The van der Waals surface area contributed by atoms with Gasteiger partial charge < -0.3 is 21.5 Å². The summed E-state index contributed by atoms with van der Waals surface area (Å²) in [5, 5.41) is 14.9. The van der Waals surface area contributed by atoms with Crippen molar-refractivity contribution in [1.29, 1.82) is 0 Å². The summed E-state index contributed by atoms with van der Waals surface area (Å²) in [4.78, 5) is 26.1. The zero-order chi connectivity index (χ0) is 19.1. The Morgan fingerprint density at radius 1 is 1.25 bits per heavy atom. The second-order valence-corrected chi connectivity index (χ2v) is 7.24. The molecule has 1 aromatic rings. The molecule has 7 nitrogen and oxygen atoms in total. The van der Waals surface area contributed by atoms with Crippen molar-refractivity contribution in [2.45, 2.75) is 45.4 Å². The van der Waals surface area contributed by atoms with E-state index in [1.165, 1.54) is 0 Å². The molecule has 2 rings (SSSR count). The number of aliphatic hydroxyl groups is 1. The van der Waals surface area contributed by atoms with Crippen LogP contribution in [0.3, 0.4) is 0 Å². The largest absolute Gasteiger partial charge is 0.393 e. The molecule has 1 saturated heterocycles. The van der Waals surface area contributed by atoms with Gasteiger partial charge in [-0.1, -0.05) is 26.0 Å². The van der Waals surface area contributed by atoms with Gasteiger partial charge in [0, 0.05) is 25.3 Å². The van der Waals surface area contributed by atoms with Gasteiger partial charge in [0.05, 0.1) is 18.7 Å². The Balaban J connectivity index is 0.00000364. The zero-order valence-corrected chi connectivity index (χ0v) is 18.0. The molecular formula is C19H32Cl2N4O3. The summed E-state index contributed by atoms with van der Waals surface area (Å²) in [6.07, 6.45) is 1.42. The van der Waals surface area contributed by atoms with Gasteiger partial charge in [0.25, 0.3) is 0 Å². The number of anilines is 1. The smallest absolute Gasteiger partial charge is 0.243 e. The van der Waals surface area contributed by atoms with Crippen molar-refractivity contribution in [2.24, 2.45) is 11.7 Å². The Morgan fingerprint density at radius 2 is 1.89 bits per heavy atom. The number of nitrogens with two attached hydrogens (primary N) is 1. The molecule has 0 aliphatic carbocycles. The van der Waals surface area contributed by atoms with Crippen LogP contribution in [0.15, 0.2) is 24.3 Å². The summed E-state index contributed by atoms with van der Waals surface area (Å²) >= 11 is 0. The summed E-state index contributed by atoms with van der Waals surface area (Å²) in [6.45, 7) is 6.15. The van der Waals surface area contributed by atoms with E-state index in [4.69, 9.17) is 5.73 Å². The quantitative estimate of drug-likeness (QED) is 0.520. The van der Waals surface area contributed by atoms with Crippen molar-refractivity contribution in [2.75, 3.05) is 25.0 Å². The Kier molecular flexibility index (Phi) is 12.3. The van der Waals surface area contributed by atoms with Crippen LogP contribution in [0.4, 0.5) is 5.69 Å². The summed E-state index contributed by atoms with van der Waals surface area (Å²) in [6, 6.07) is 7.06. The predicted molar refractivity (Wildman–Crippen MR) is 116 cm³/mol. The first-order valence-corrected chi connectivity index (χ1v) is 9.17. The van der Waals surface area contributed by atoms with E-state index >= 15 is 0 Å². The van der Waals surface area contributed by atoms with Crippen molar-refractivity contribution in [3.8, 4) is 0 Å². The van der Waals surface area contributed by atoms with Gasteiger partial charge in [-0.25, -0.2) is 0 Å². The molecule has 0 unspecified atom stereocenters. The summed E-state index contributed by atoms with van der Waals surface area (Å²) in [5.41, 5.74) is 7.55. The molecule has 0 spiro atoms. The third-order valence-electron chi connectivity index (χ3n) is 4.62. The zero-order valence-electron chi connectivity index (χ0n) is 16.4. The van der Waals surface area contributed by atoms with Crippen LogP contribution in [-0.2, 0) is 16.1 Å². The molecule has 0 saturated carbocycles. The van der Waals surface area contributed by atoms with Crippen LogP contribution in [0.25, 0.3) is 0 Å². The average Bonchev–Trinajstić information content (AvgIpc) is 2.61. The lowest BCUT2D eigenvalue weighted by Gasteiger charge is -2.29. The fourth-order valence-electron chi connectivity index (χ4n) is 2.88. The molecule has 2 amide bonds. The number of rotatable bonds is 7. The molecule has 160 valence electrons. The highest BCUT2D eigenvalue weighted by Gasteiger charge is 2.18. The maximum absolute atomic E-state index is 12.0. The standard InChI is InChI=1S/C19H30N4O3.2ClH/c1-13(2)18(20)19(26)21-11-17(25)22-15-5-3-4-14(10-15)12-23-8-6-16(24)7-9-23;;/h3-5,10,13,16,18,24H,6-9,11-12,20H2,1-2H3,(H,21,26)(H,22,25);2*1H/t18-;;/m0../s1. The van der Waals surface area contributed by atoms with Gasteiger partial charge in [-0.05, 0) is 36.5 Å². The number of hydrogen-bond donors (Lipinski definition) is 4. The van der Waals surface area contributed by atoms with Gasteiger partial charge in [-0.3, -0.25) is 14.5 Å². The minimum absolute atomic E-state index is 0. The van der Waals surface area contributed by atoms with Gasteiger partial charge in [-0.15, -0.1) is 24.8 Å². The van der Waals surface area contributed by atoms with E-state index in [0.717, 1.165) is 38.0 Å². The summed E-state index contributed by atoms with van der Waals surface area (Å²) < 4.78 is 0. The van der Waals surface area contributed by atoms with Crippen molar-refractivity contribution >= 4 is 42.3 Å². The highest BCUT2D eigenvalue weighted by Crippen LogP contribution is 2.16. The summed E-state index contributed by atoms with van der Waals surface area (Å²) in [5.74, 6) is -0.589. The number of piperidine rings is 1. The first kappa shape index (κ1) is 26.6. The number of carbonyl (C=O) groups is 2. The molecule has 1 atom stereocenters. The van der Waals surface area contributed by atoms with Gasteiger partial charge in [-0.2, -0.15) is 0 Å². The van der Waals surface area contributed by atoms with E-state index in [1.807, 2.05) is 38.1 Å². The van der Waals surface area contributed by atoms with Crippen LogP contribution in [0, 0.1) is 5.92 Å². The van der Waals surface area contributed by atoms with Crippen molar-refractivity contribution in [1.82, 2.24) is 10.2 Å². The van der Waals surface area contributed by atoms with Crippen LogP contribution in [-0.4, -0.2) is 53.6 Å². The van der Waals surface area contributed by atoms with Crippen LogP contribution in [0.1, 0.15) is 32.3 Å². The molecule has 0 aromatic heterocycles. The minimum Gasteiger partial charge on any atom is -0.393 e. The normalized spacial score (nSPS) is 15.9. The first-order chi connectivity index (χ1) is 12.3. The van der Waals surface area contributed by atoms with E-state index in [9.17, 15) is 14.7 Å². The average molecular weight is 435 g/mol. The van der Waals surface area contributed by atoms with Crippen LogP contribution >= 0.6 is 24.8 Å². The molecule has 1 aliphatic heterocycles. The number of carbonyl (C=O) groups excluding carboxylic acids is 2. The van der Waals surface area contributed by atoms with Gasteiger partial charge in [0.2, 0.25) is 11.8 Å². The summed E-state index contributed by atoms with van der Waals surface area (Å²) in [7, 11) is 0. The lowest BCUT2D eigenvalue weighted by molar-refractivity contribution is -0.125. The van der Waals surface area contributed by atoms with Crippen molar-refractivity contribution < 1.29 is 14.7 Å². The molecule has 5 N–H and O–H groups in total. The SMILES string of the molecule is CC(C)[C@H](N)C(=O)NCC(=O)Nc1cccc(CN2CCC(O)CC2)c1.Cl.Cl. The number of hydrogen-bond acceptors (Lipinski definition) is 5. The van der Waals surface area contributed by atoms with Crippen LogP contribution in [0.2, 0.25) is 0 Å². The van der Waals surface area contributed by atoms with E-state index in [-0.39, 0.29) is 55.2 Å². The van der Waals surface area contributed by atoms with E-state index in [0.29, 0.717) is 5.69 Å². The maximum atomic E-state index is 12.0. The Hall–Kier alpha value is -1.38. The molecular weight excluding hydrogens is 403 g/mol. The third-order valence-corrected chi connectivity index (χ3v) is 4.62. The van der Waals surface area contributed by atoms with Gasteiger partial charge in [0.1, 0.15) is 0 Å². The molecule has 0 radical (unpaired) electrons. The van der Waals surface area contributed by atoms with Crippen molar-refractivity contribution in [3.05, 3.63) is 29.8 Å². The number of amides is 2. The molecule has 28 heavy (non-hydrogen) atoms. The molecule has 1 fully saturated rings. The molecule has 1 aromatic carbocycles. The minimum atomic E-state index is -0.616. The highest BCUT2D eigenvalue weighted by molar-refractivity contribution is 5.95. The fraction of sp³-hybridized carbons (Fsp3) is 0.579. The molecule has 1 aliphatic rings. The monoisotopic (exact) mass is 434 g/mol. The van der Waals surface area contributed by atoms with Crippen molar-refractivity contribution in [3.63, 3.8) is 0 Å². The predicted octanol–water partition coefficient (Wildman–Crippen LogP) is 1.52. The Bertz CT molecular complexity index is 623. The lowest BCUT2D eigenvalue weighted by Crippen LogP contribution is -2.46. The third kappa shape index (κ3) is 8.75. The van der Waals surface area contributed by atoms with Gasteiger partial charge >= 0.3 is 0 Å². The number of likely N-dealkylation sites (tertiary alicyclic amines) is 1. The Labute approximate surface area is 179 Å². The van der Waals surface area contributed by atoms with E-state index < -0.39 is 6.04 Å². The topological polar surface area (TPSA) is 108 Å². The second kappa shape index (κ2) is 13.0. The van der Waals surface area contributed by atoms with Crippen LogP contribution < -0.4 is 16.4 Å². The molecule has 1 heterocycles. The Morgan fingerprint density at radius 3 is 2.50 bits per heavy atom.